The zero-order valence-electron chi connectivity index (χ0n) is 13.4. The van der Waals surface area contributed by atoms with Gasteiger partial charge in [-0.1, -0.05) is 25.3 Å². The highest BCUT2D eigenvalue weighted by atomic mass is 16.6. The average molecular weight is 316 g/mol. The minimum atomic E-state index is -0.267. The molecule has 1 N–H and O–H groups in total. The Morgan fingerprint density at radius 1 is 1.13 bits per heavy atom. The Hall–Kier alpha value is -1.62. The fourth-order valence-electron chi connectivity index (χ4n) is 4.85. The van der Waals surface area contributed by atoms with Crippen LogP contribution in [-0.4, -0.2) is 17.6 Å². The zero-order valence-corrected chi connectivity index (χ0v) is 13.4. The van der Waals surface area contributed by atoms with E-state index in [4.69, 9.17) is 4.74 Å². The smallest absolute Gasteiger partial charge is 0.277 e. The van der Waals surface area contributed by atoms with Gasteiger partial charge in [0.15, 0.2) is 0 Å². The van der Waals surface area contributed by atoms with Crippen molar-refractivity contribution < 1.29 is 9.66 Å². The first-order valence-corrected chi connectivity index (χ1v) is 8.91. The van der Waals surface area contributed by atoms with Crippen molar-refractivity contribution in [2.75, 3.05) is 11.9 Å². The molecule has 2 unspecified atom stereocenters. The van der Waals surface area contributed by atoms with E-state index in [2.05, 4.69) is 5.32 Å². The predicted octanol–water partition coefficient (Wildman–Crippen LogP) is 4.44. The first-order valence-electron chi connectivity index (χ1n) is 8.91. The highest BCUT2D eigenvalue weighted by Gasteiger charge is 2.45. The van der Waals surface area contributed by atoms with Crippen LogP contribution in [0.1, 0.15) is 56.6 Å². The number of anilines is 1. The topological polar surface area (TPSA) is 64.4 Å². The molecule has 4 rings (SSSR count). The maximum absolute atomic E-state index is 11.5. The molecule has 3 aliphatic rings. The monoisotopic (exact) mass is 316 g/mol. The highest BCUT2D eigenvalue weighted by molar-refractivity contribution is 5.64. The van der Waals surface area contributed by atoms with E-state index in [0.717, 1.165) is 24.1 Å². The van der Waals surface area contributed by atoms with Crippen molar-refractivity contribution in [1.29, 1.82) is 0 Å². The quantitative estimate of drug-likeness (QED) is 0.647. The summed E-state index contributed by atoms with van der Waals surface area (Å²) in [7, 11) is 0. The molecule has 1 aromatic rings. The summed E-state index contributed by atoms with van der Waals surface area (Å²) in [5.74, 6) is 1.03. The summed E-state index contributed by atoms with van der Waals surface area (Å²) in [5, 5.41) is 15.1. The molecule has 23 heavy (non-hydrogen) atoms. The summed E-state index contributed by atoms with van der Waals surface area (Å²) < 4.78 is 6.08. The lowest BCUT2D eigenvalue weighted by molar-refractivity contribution is -0.386. The van der Waals surface area contributed by atoms with E-state index in [9.17, 15) is 10.1 Å². The molecule has 0 aromatic heterocycles. The SMILES string of the molecule is O=[N+]([O-])c1cccc2c1C1OCCC[C@H]1C(C1CCCCC1)N2. The van der Waals surface area contributed by atoms with Crippen LogP contribution in [0.3, 0.4) is 0 Å². The first-order chi connectivity index (χ1) is 11.3. The van der Waals surface area contributed by atoms with Crippen LogP contribution in [-0.2, 0) is 4.74 Å². The van der Waals surface area contributed by atoms with Gasteiger partial charge in [0.2, 0.25) is 0 Å². The summed E-state index contributed by atoms with van der Waals surface area (Å²) in [5.41, 5.74) is 1.89. The first kappa shape index (κ1) is 14.9. The molecule has 1 aliphatic carbocycles. The summed E-state index contributed by atoms with van der Waals surface area (Å²) in [6.07, 6.45) is 8.54. The number of ether oxygens (including phenoxy) is 1. The van der Waals surface area contributed by atoms with Crippen LogP contribution < -0.4 is 5.32 Å². The van der Waals surface area contributed by atoms with Gasteiger partial charge in [-0.15, -0.1) is 0 Å². The minimum Gasteiger partial charge on any atom is -0.381 e. The van der Waals surface area contributed by atoms with E-state index in [0.29, 0.717) is 24.5 Å². The van der Waals surface area contributed by atoms with Gasteiger partial charge in [0.05, 0.1) is 16.6 Å². The molecule has 5 nitrogen and oxygen atoms in total. The fourth-order valence-corrected chi connectivity index (χ4v) is 4.85. The number of hydrogen-bond acceptors (Lipinski definition) is 4. The second-order valence-corrected chi connectivity index (χ2v) is 7.16. The van der Waals surface area contributed by atoms with Gasteiger partial charge in [-0.05, 0) is 37.7 Å². The van der Waals surface area contributed by atoms with E-state index in [1.54, 1.807) is 12.1 Å². The minimum absolute atomic E-state index is 0.117. The zero-order chi connectivity index (χ0) is 15.8. The van der Waals surface area contributed by atoms with Crippen LogP contribution in [0.15, 0.2) is 18.2 Å². The van der Waals surface area contributed by atoms with Crippen molar-refractivity contribution in [3.05, 3.63) is 33.9 Å². The molecule has 3 atom stereocenters. The van der Waals surface area contributed by atoms with Crippen molar-refractivity contribution in [1.82, 2.24) is 0 Å². The number of nitro groups is 1. The molecular weight excluding hydrogens is 292 g/mol. The number of nitrogens with zero attached hydrogens (tertiary/aromatic N) is 1. The van der Waals surface area contributed by atoms with E-state index in [1.165, 1.54) is 32.1 Å². The van der Waals surface area contributed by atoms with Crippen molar-refractivity contribution in [3.63, 3.8) is 0 Å². The van der Waals surface area contributed by atoms with E-state index < -0.39 is 0 Å². The van der Waals surface area contributed by atoms with Crippen LogP contribution in [0.5, 0.6) is 0 Å². The summed E-state index contributed by atoms with van der Waals surface area (Å²) in [4.78, 5) is 11.2. The van der Waals surface area contributed by atoms with Crippen LogP contribution >= 0.6 is 0 Å². The van der Waals surface area contributed by atoms with Crippen molar-refractivity contribution in [2.24, 2.45) is 11.8 Å². The van der Waals surface area contributed by atoms with Crippen LogP contribution in [0, 0.1) is 22.0 Å². The summed E-state index contributed by atoms with van der Waals surface area (Å²) in [6.45, 7) is 0.712. The molecule has 2 fully saturated rings. The summed E-state index contributed by atoms with van der Waals surface area (Å²) in [6, 6.07) is 5.77. The molecule has 0 amide bonds. The maximum Gasteiger partial charge on any atom is 0.277 e. The number of benzene rings is 1. The average Bonchev–Trinajstić information content (AvgIpc) is 2.61. The molecule has 1 aromatic carbocycles. The molecule has 0 spiro atoms. The van der Waals surface area contributed by atoms with Crippen molar-refractivity contribution in [3.8, 4) is 0 Å². The standard InChI is InChI=1S/C18H24N2O3/c21-20(22)15-10-4-9-14-16(15)18-13(8-5-11-23-18)17(19-14)12-6-2-1-3-7-12/h4,9-10,12-13,17-19H,1-3,5-8,11H2/t13-,17?,18?/m0/s1. The lowest BCUT2D eigenvalue weighted by atomic mass is 9.71. The summed E-state index contributed by atoms with van der Waals surface area (Å²) >= 11 is 0. The Labute approximate surface area is 136 Å². The van der Waals surface area contributed by atoms with Gasteiger partial charge in [-0.25, -0.2) is 0 Å². The van der Waals surface area contributed by atoms with Gasteiger partial charge in [0.25, 0.3) is 5.69 Å². The fraction of sp³-hybridized carbons (Fsp3) is 0.667. The van der Waals surface area contributed by atoms with Crippen LogP contribution in [0.25, 0.3) is 0 Å². The Morgan fingerprint density at radius 3 is 2.74 bits per heavy atom. The number of nitrogens with one attached hydrogen (secondary N) is 1. The molecular formula is C18H24N2O3. The highest BCUT2D eigenvalue weighted by Crippen LogP contribution is 2.50. The third kappa shape index (κ3) is 2.61. The molecule has 2 aliphatic heterocycles. The third-order valence-corrected chi connectivity index (χ3v) is 5.87. The van der Waals surface area contributed by atoms with Crippen molar-refractivity contribution in [2.45, 2.75) is 57.1 Å². The second kappa shape index (κ2) is 6.11. The van der Waals surface area contributed by atoms with Crippen LogP contribution in [0.4, 0.5) is 11.4 Å². The number of nitro benzene ring substituents is 1. The molecule has 1 saturated carbocycles. The van der Waals surface area contributed by atoms with E-state index in [-0.39, 0.29) is 16.7 Å². The maximum atomic E-state index is 11.5. The lowest BCUT2D eigenvalue weighted by Gasteiger charge is -2.46. The molecule has 0 radical (unpaired) electrons. The van der Waals surface area contributed by atoms with E-state index in [1.807, 2.05) is 6.07 Å². The molecule has 0 bridgehead atoms. The Balaban J connectivity index is 1.73. The van der Waals surface area contributed by atoms with Gasteiger partial charge in [0, 0.05) is 30.3 Å². The largest absolute Gasteiger partial charge is 0.381 e. The van der Waals surface area contributed by atoms with E-state index >= 15 is 0 Å². The van der Waals surface area contributed by atoms with Gasteiger partial charge in [-0.3, -0.25) is 10.1 Å². The number of hydrogen-bond donors (Lipinski definition) is 1. The molecule has 1 saturated heterocycles. The number of fused-ring (bicyclic) bond motifs is 3. The third-order valence-electron chi connectivity index (χ3n) is 5.87. The Kier molecular flexibility index (Phi) is 3.97. The molecule has 2 heterocycles. The predicted molar refractivity (Wildman–Crippen MR) is 88.5 cm³/mol. The Bertz CT molecular complexity index is 598. The van der Waals surface area contributed by atoms with Crippen LogP contribution in [0.2, 0.25) is 0 Å². The van der Waals surface area contributed by atoms with Gasteiger partial charge in [0.1, 0.15) is 0 Å². The normalized spacial score (nSPS) is 30.9. The molecule has 5 heteroatoms. The lowest BCUT2D eigenvalue weighted by Crippen LogP contribution is -2.46. The number of rotatable bonds is 2. The Morgan fingerprint density at radius 2 is 1.96 bits per heavy atom. The van der Waals surface area contributed by atoms with Gasteiger partial charge >= 0.3 is 0 Å². The van der Waals surface area contributed by atoms with Gasteiger partial charge in [-0.2, -0.15) is 0 Å². The second-order valence-electron chi connectivity index (χ2n) is 7.16. The molecule has 124 valence electrons. The van der Waals surface area contributed by atoms with Gasteiger partial charge < -0.3 is 10.1 Å². The van der Waals surface area contributed by atoms with Crippen molar-refractivity contribution >= 4 is 11.4 Å².